The number of fused-ring (bicyclic) bond motifs is 1. The minimum atomic E-state index is 0.0237. The second kappa shape index (κ2) is 3.46. The van der Waals surface area contributed by atoms with E-state index in [0.29, 0.717) is 5.39 Å². The van der Waals surface area contributed by atoms with Gasteiger partial charge in [0.2, 0.25) is 0 Å². The van der Waals surface area contributed by atoms with Crippen molar-refractivity contribution in [2.75, 3.05) is 6.26 Å². The summed E-state index contributed by atoms with van der Waals surface area (Å²) in [5.74, 6) is 0. The molecule has 2 rings (SSSR count). The molecule has 0 aromatic carbocycles. The lowest BCUT2D eigenvalue weighted by molar-refractivity contribution is 1.15. The lowest BCUT2D eigenvalue weighted by Gasteiger charge is -2.01. The van der Waals surface area contributed by atoms with E-state index in [-0.39, 0.29) is 5.43 Å². The van der Waals surface area contributed by atoms with Crippen LogP contribution in [-0.4, -0.2) is 16.2 Å². The molecule has 1 N–H and O–H groups in total. The third-order valence-electron chi connectivity index (χ3n) is 2.05. The lowest BCUT2D eigenvalue weighted by atomic mass is 10.2. The normalized spacial score (nSPS) is 10.7. The van der Waals surface area contributed by atoms with Gasteiger partial charge in [-0.2, -0.15) is 0 Å². The Morgan fingerprint density at radius 1 is 1.43 bits per heavy atom. The zero-order valence-corrected chi connectivity index (χ0v) is 8.81. The van der Waals surface area contributed by atoms with Crippen molar-refractivity contribution in [1.82, 2.24) is 9.97 Å². The van der Waals surface area contributed by atoms with Gasteiger partial charge in [0.25, 0.3) is 0 Å². The van der Waals surface area contributed by atoms with Crippen molar-refractivity contribution in [3.8, 4) is 0 Å². The number of hydrogen-bond donors (Lipinski definition) is 1. The van der Waals surface area contributed by atoms with E-state index >= 15 is 0 Å². The Kier molecular flexibility index (Phi) is 2.29. The molecule has 0 spiro atoms. The molecule has 0 radical (unpaired) electrons. The van der Waals surface area contributed by atoms with Gasteiger partial charge in [0, 0.05) is 18.0 Å². The molecule has 0 saturated heterocycles. The lowest BCUT2D eigenvalue weighted by Crippen LogP contribution is -2.03. The molecule has 0 aliphatic carbocycles. The summed E-state index contributed by atoms with van der Waals surface area (Å²) in [6, 6.07) is 3.49. The maximum atomic E-state index is 11.6. The van der Waals surface area contributed by atoms with Gasteiger partial charge in [0.1, 0.15) is 0 Å². The number of pyridine rings is 2. The number of hydrogen-bond acceptors (Lipinski definition) is 3. The highest BCUT2D eigenvalue weighted by Crippen LogP contribution is 2.14. The fourth-order valence-electron chi connectivity index (χ4n) is 1.34. The van der Waals surface area contributed by atoms with Crippen LogP contribution in [0.4, 0.5) is 0 Å². The first-order valence-electron chi connectivity index (χ1n) is 4.24. The van der Waals surface area contributed by atoms with Gasteiger partial charge in [-0.25, -0.2) is 0 Å². The Morgan fingerprint density at radius 2 is 2.21 bits per heavy atom. The van der Waals surface area contributed by atoms with E-state index in [1.54, 1.807) is 12.3 Å². The van der Waals surface area contributed by atoms with Crippen molar-refractivity contribution < 1.29 is 0 Å². The molecule has 0 saturated carbocycles. The van der Waals surface area contributed by atoms with E-state index in [4.69, 9.17) is 0 Å². The molecule has 3 nitrogen and oxygen atoms in total. The number of nitrogens with one attached hydrogen (secondary N) is 1. The fourth-order valence-corrected chi connectivity index (χ4v) is 1.77. The molecule has 2 heterocycles. The number of aromatic amines is 1. The smallest absolute Gasteiger partial charge is 0.192 e. The van der Waals surface area contributed by atoms with Crippen LogP contribution in [0.2, 0.25) is 0 Å². The molecule has 0 fully saturated rings. The molecule has 72 valence electrons. The topological polar surface area (TPSA) is 45.8 Å². The summed E-state index contributed by atoms with van der Waals surface area (Å²) in [7, 11) is 0. The number of H-pyrrole nitrogens is 1. The maximum absolute atomic E-state index is 11.6. The van der Waals surface area contributed by atoms with Gasteiger partial charge in [-0.1, -0.05) is 0 Å². The summed E-state index contributed by atoms with van der Waals surface area (Å²) < 4.78 is 0. The first-order valence-corrected chi connectivity index (χ1v) is 5.47. The Hall–Kier alpha value is -1.29. The van der Waals surface area contributed by atoms with Crippen LogP contribution < -0.4 is 5.43 Å². The van der Waals surface area contributed by atoms with Crippen LogP contribution in [0.15, 0.2) is 28.2 Å². The van der Waals surface area contributed by atoms with Crippen LogP contribution in [0.25, 0.3) is 10.9 Å². The van der Waals surface area contributed by atoms with E-state index in [1.165, 1.54) is 11.8 Å². The minimum Gasteiger partial charge on any atom is -0.349 e. The van der Waals surface area contributed by atoms with Gasteiger partial charge in [0.15, 0.2) is 5.43 Å². The molecular formula is C10H10N2OS. The molecule has 2 aromatic heterocycles. The fraction of sp³-hybridized carbons (Fsp3) is 0.200. The highest BCUT2D eigenvalue weighted by atomic mass is 32.2. The van der Waals surface area contributed by atoms with Crippen molar-refractivity contribution in [3.63, 3.8) is 0 Å². The van der Waals surface area contributed by atoms with Crippen molar-refractivity contribution in [3.05, 3.63) is 34.2 Å². The molecule has 0 aliphatic rings. The monoisotopic (exact) mass is 206 g/mol. The summed E-state index contributed by atoms with van der Waals surface area (Å²) in [4.78, 5) is 18.9. The predicted octanol–water partition coefficient (Wildman–Crippen LogP) is 1.95. The SMILES string of the molecule is CSc1cc(=O)c2cnc(C)cc2[nH]1. The Balaban J connectivity index is 2.84. The second-order valence-electron chi connectivity index (χ2n) is 3.07. The van der Waals surface area contributed by atoms with E-state index in [9.17, 15) is 4.79 Å². The van der Waals surface area contributed by atoms with Crippen molar-refractivity contribution >= 4 is 22.7 Å². The first kappa shape index (κ1) is 9.27. The summed E-state index contributed by atoms with van der Waals surface area (Å²) in [6.07, 6.45) is 3.55. The molecule has 2 aromatic rings. The third kappa shape index (κ3) is 1.53. The Bertz CT molecular complexity index is 533. The minimum absolute atomic E-state index is 0.0237. The van der Waals surface area contributed by atoms with Crippen LogP contribution >= 0.6 is 11.8 Å². The van der Waals surface area contributed by atoms with Gasteiger partial charge >= 0.3 is 0 Å². The zero-order chi connectivity index (χ0) is 10.1. The Morgan fingerprint density at radius 3 is 2.93 bits per heavy atom. The highest BCUT2D eigenvalue weighted by Gasteiger charge is 2.01. The predicted molar refractivity (Wildman–Crippen MR) is 58.9 cm³/mol. The number of nitrogens with zero attached hydrogens (tertiary/aromatic N) is 1. The summed E-state index contributed by atoms with van der Waals surface area (Å²) >= 11 is 1.53. The second-order valence-corrected chi connectivity index (χ2v) is 3.92. The number of rotatable bonds is 1. The van der Waals surface area contributed by atoms with Crippen LogP contribution in [-0.2, 0) is 0 Å². The standard InChI is InChI=1S/C10H10N2OS/c1-6-3-8-7(5-11-6)9(13)4-10(12-8)14-2/h3-5H,1-2H3,(H,12,13). The van der Waals surface area contributed by atoms with E-state index in [0.717, 1.165) is 16.2 Å². The molecule has 0 bridgehead atoms. The van der Waals surface area contributed by atoms with Gasteiger partial charge in [0.05, 0.1) is 15.9 Å². The number of thioether (sulfide) groups is 1. The molecular weight excluding hydrogens is 196 g/mol. The van der Waals surface area contributed by atoms with Crippen molar-refractivity contribution in [2.24, 2.45) is 0 Å². The average molecular weight is 206 g/mol. The highest BCUT2D eigenvalue weighted by molar-refractivity contribution is 7.98. The molecule has 0 aliphatic heterocycles. The summed E-state index contributed by atoms with van der Waals surface area (Å²) in [5, 5.41) is 1.53. The van der Waals surface area contributed by atoms with Crippen LogP contribution in [0, 0.1) is 6.92 Å². The summed E-state index contributed by atoms with van der Waals surface area (Å²) in [5.41, 5.74) is 1.79. The average Bonchev–Trinajstić information content (AvgIpc) is 2.16. The third-order valence-corrected chi connectivity index (χ3v) is 2.71. The van der Waals surface area contributed by atoms with Gasteiger partial charge < -0.3 is 4.98 Å². The van der Waals surface area contributed by atoms with Gasteiger partial charge in [-0.15, -0.1) is 11.8 Å². The van der Waals surface area contributed by atoms with Crippen LogP contribution in [0.3, 0.4) is 0 Å². The van der Waals surface area contributed by atoms with E-state index in [1.807, 2.05) is 19.2 Å². The molecule has 0 amide bonds. The summed E-state index contributed by atoms with van der Waals surface area (Å²) in [6.45, 7) is 1.91. The molecule has 14 heavy (non-hydrogen) atoms. The Labute approximate surface area is 85.6 Å². The van der Waals surface area contributed by atoms with Gasteiger partial charge in [-0.3, -0.25) is 9.78 Å². The molecule has 0 atom stereocenters. The first-order chi connectivity index (χ1) is 6.70. The largest absolute Gasteiger partial charge is 0.349 e. The van der Waals surface area contributed by atoms with E-state index < -0.39 is 0 Å². The van der Waals surface area contributed by atoms with Crippen molar-refractivity contribution in [1.29, 1.82) is 0 Å². The van der Waals surface area contributed by atoms with Crippen molar-refractivity contribution in [2.45, 2.75) is 11.9 Å². The number of aromatic nitrogens is 2. The van der Waals surface area contributed by atoms with Crippen LogP contribution in [0.1, 0.15) is 5.69 Å². The number of aryl methyl sites for hydroxylation is 1. The maximum Gasteiger partial charge on any atom is 0.192 e. The van der Waals surface area contributed by atoms with E-state index in [2.05, 4.69) is 9.97 Å². The van der Waals surface area contributed by atoms with Crippen LogP contribution in [0.5, 0.6) is 0 Å². The molecule has 0 unspecified atom stereocenters. The van der Waals surface area contributed by atoms with Gasteiger partial charge in [-0.05, 0) is 19.2 Å². The molecule has 4 heteroatoms. The quantitative estimate of drug-likeness (QED) is 0.725. The zero-order valence-electron chi connectivity index (χ0n) is 8.00.